The molecule has 0 bridgehead atoms. The summed E-state index contributed by atoms with van der Waals surface area (Å²) in [6.07, 6.45) is -12.8. The van der Waals surface area contributed by atoms with Gasteiger partial charge in [-0.3, -0.25) is 0 Å². The molecular formula is C20H40N4O10. The van der Waals surface area contributed by atoms with Crippen molar-refractivity contribution >= 4 is 0 Å². The van der Waals surface area contributed by atoms with Crippen LogP contribution in [0.15, 0.2) is 0 Å². The van der Waals surface area contributed by atoms with E-state index in [0.29, 0.717) is 0 Å². The van der Waals surface area contributed by atoms with Crippen molar-refractivity contribution in [2.75, 3.05) is 13.2 Å². The van der Waals surface area contributed by atoms with Crippen LogP contribution in [0, 0.1) is 5.92 Å². The highest BCUT2D eigenvalue weighted by molar-refractivity contribution is 5.01. The number of hydrogen-bond donors (Lipinski definition) is 10. The maximum Gasteiger partial charge on any atom is 0.186 e. The van der Waals surface area contributed by atoms with Crippen molar-refractivity contribution in [1.82, 2.24) is 0 Å². The lowest BCUT2D eigenvalue weighted by Gasteiger charge is -2.49. The minimum atomic E-state index is -1.48. The van der Waals surface area contributed by atoms with Gasteiger partial charge in [-0.2, -0.15) is 0 Å². The maximum absolute atomic E-state index is 10.8. The van der Waals surface area contributed by atoms with E-state index in [9.17, 15) is 30.6 Å². The van der Waals surface area contributed by atoms with Crippen molar-refractivity contribution in [1.29, 1.82) is 0 Å². The van der Waals surface area contributed by atoms with Gasteiger partial charge in [-0.05, 0) is 19.8 Å². The van der Waals surface area contributed by atoms with Crippen LogP contribution in [0.5, 0.6) is 0 Å². The molecule has 3 aliphatic rings. The SMILES string of the molecule is C[C@H]1O[C@@H](O[C@@H]2[C@@H](O)[C@H](N)C[C@H](N)[C@H]2O[C@H]2O[C@H](CN)[C@@H](O)[C@H](O)[C@H]2N)[C@H](O)[C@@H](O)[C@@H]1CCO. The Morgan fingerprint density at radius 3 is 2.06 bits per heavy atom. The Balaban J connectivity index is 1.78. The predicted octanol–water partition coefficient (Wildman–Crippen LogP) is -5.63. The average molecular weight is 497 g/mol. The maximum atomic E-state index is 10.8. The number of nitrogens with two attached hydrogens (primary N) is 4. The molecule has 34 heavy (non-hydrogen) atoms. The molecule has 14 N–H and O–H groups in total. The largest absolute Gasteiger partial charge is 0.396 e. The third-order valence-electron chi connectivity index (χ3n) is 7.11. The molecule has 14 nitrogen and oxygen atoms in total. The normalized spacial score (nSPS) is 52.5. The first-order valence-corrected chi connectivity index (χ1v) is 11.6. The second kappa shape index (κ2) is 11.7. The van der Waals surface area contributed by atoms with Gasteiger partial charge in [0, 0.05) is 31.2 Å². The topological polar surface area (TPSA) is 262 Å². The minimum absolute atomic E-state index is 0.109. The Labute approximate surface area is 197 Å². The highest BCUT2D eigenvalue weighted by Crippen LogP contribution is 2.33. The van der Waals surface area contributed by atoms with Gasteiger partial charge >= 0.3 is 0 Å². The van der Waals surface area contributed by atoms with E-state index < -0.39 is 91.6 Å². The van der Waals surface area contributed by atoms with Crippen LogP contribution in [0.1, 0.15) is 19.8 Å². The van der Waals surface area contributed by atoms with Crippen LogP contribution >= 0.6 is 0 Å². The summed E-state index contributed by atoms with van der Waals surface area (Å²) in [4.78, 5) is 0. The molecular weight excluding hydrogens is 456 g/mol. The van der Waals surface area contributed by atoms with Crippen molar-refractivity contribution in [2.24, 2.45) is 28.9 Å². The molecule has 0 unspecified atom stereocenters. The molecule has 0 aromatic heterocycles. The molecule has 2 saturated heterocycles. The van der Waals surface area contributed by atoms with Gasteiger partial charge in [-0.1, -0.05) is 0 Å². The Morgan fingerprint density at radius 2 is 1.44 bits per heavy atom. The van der Waals surface area contributed by atoms with Crippen LogP contribution in [0.4, 0.5) is 0 Å². The lowest BCUT2D eigenvalue weighted by Crippen LogP contribution is -2.68. The van der Waals surface area contributed by atoms with Crippen LogP contribution in [-0.2, 0) is 18.9 Å². The summed E-state index contributed by atoms with van der Waals surface area (Å²) >= 11 is 0. The summed E-state index contributed by atoms with van der Waals surface area (Å²) in [5.41, 5.74) is 23.9. The molecule has 3 rings (SSSR count). The Kier molecular flexibility index (Phi) is 9.61. The zero-order chi connectivity index (χ0) is 25.3. The Bertz CT molecular complexity index is 650. The van der Waals surface area contributed by atoms with Gasteiger partial charge in [0.15, 0.2) is 12.6 Å². The van der Waals surface area contributed by atoms with Gasteiger partial charge in [0.2, 0.25) is 0 Å². The highest BCUT2D eigenvalue weighted by Gasteiger charge is 2.51. The van der Waals surface area contributed by atoms with Gasteiger partial charge in [0.05, 0.1) is 24.4 Å². The van der Waals surface area contributed by atoms with Gasteiger partial charge < -0.3 is 72.5 Å². The molecule has 0 radical (unpaired) electrons. The number of hydrogen-bond acceptors (Lipinski definition) is 14. The Hall–Kier alpha value is -0.560. The molecule has 2 heterocycles. The quantitative estimate of drug-likeness (QED) is 0.157. The first kappa shape index (κ1) is 28.0. The van der Waals surface area contributed by atoms with E-state index >= 15 is 0 Å². The fourth-order valence-corrected chi connectivity index (χ4v) is 4.94. The smallest absolute Gasteiger partial charge is 0.186 e. The summed E-state index contributed by atoms with van der Waals surface area (Å²) in [6, 6.07) is -2.70. The molecule has 200 valence electrons. The van der Waals surface area contributed by atoms with Gasteiger partial charge in [0.25, 0.3) is 0 Å². The average Bonchev–Trinajstić information content (AvgIpc) is 2.80. The second-order valence-corrected chi connectivity index (χ2v) is 9.46. The van der Waals surface area contributed by atoms with E-state index in [4.69, 9.17) is 41.9 Å². The third kappa shape index (κ3) is 5.55. The van der Waals surface area contributed by atoms with Gasteiger partial charge in [0.1, 0.15) is 36.6 Å². The van der Waals surface area contributed by atoms with Crippen LogP contribution in [0.25, 0.3) is 0 Å². The van der Waals surface area contributed by atoms with Crippen LogP contribution in [-0.4, -0.2) is 129 Å². The van der Waals surface area contributed by atoms with Crippen molar-refractivity contribution in [3.8, 4) is 0 Å². The van der Waals surface area contributed by atoms with E-state index in [-0.39, 0.29) is 26.0 Å². The second-order valence-electron chi connectivity index (χ2n) is 9.46. The molecule has 1 aliphatic carbocycles. The summed E-state index contributed by atoms with van der Waals surface area (Å²) in [5.74, 6) is -0.526. The molecule has 0 aromatic carbocycles. The van der Waals surface area contributed by atoms with E-state index in [1.165, 1.54) is 0 Å². The lowest BCUT2D eigenvalue weighted by atomic mass is 9.83. The summed E-state index contributed by atoms with van der Waals surface area (Å²) in [5, 5.41) is 61.5. The van der Waals surface area contributed by atoms with Crippen LogP contribution in [0.3, 0.4) is 0 Å². The van der Waals surface area contributed by atoms with E-state index in [0.717, 1.165) is 0 Å². The highest BCUT2D eigenvalue weighted by atomic mass is 16.7. The number of rotatable bonds is 7. The van der Waals surface area contributed by atoms with E-state index in [1.54, 1.807) is 6.92 Å². The standard InChI is InChI=1S/C20H40N4O10/c1-6-7(2-3-25)12(26)16(30)20(31-6)34-18-13(27)8(22)4-9(23)17(18)33-19-11(24)15(29)14(28)10(5-21)32-19/h6-20,25-30H,2-5,21-24H2,1H3/t6-,7-,8-,9+,10-,11-,12+,13+,14-,15-,16-,17-,18-,19-,20+/m1/s1. The Morgan fingerprint density at radius 1 is 0.794 bits per heavy atom. The molecule has 14 heteroatoms. The molecule has 15 atom stereocenters. The fraction of sp³-hybridized carbons (Fsp3) is 1.00. The molecule has 0 aromatic rings. The van der Waals surface area contributed by atoms with Gasteiger partial charge in [-0.15, -0.1) is 0 Å². The molecule has 2 aliphatic heterocycles. The molecule has 3 fully saturated rings. The zero-order valence-electron chi connectivity index (χ0n) is 19.1. The fourth-order valence-electron chi connectivity index (χ4n) is 4.94. The third-order valence-corrected chi connectivity index (χ3v) is 7.11. The monoisotopic (exact) mass is 496 g/mol. The van der Waals surface area contributed by atoms with E-state index in [1.807, 2.05) is 0 Å². The lowest BCUT2D eigenvalue weighted by molar-refractivity contribution is -0.334. The number of aliphatic hydroxyl groups excluding tert-OH is 6. The summed E-state index contributed by atoms with van der Waals surface area (Å²) in [6.45, 7) is 1.37. The van der Waals surface area contributed by atoms with E-state index in [2.05, 4.69) is 0 Å². The van der Waals surface area contributed by atoms with Crippen molar-refractivity contribution in [3.05, 3.63) is 0 Å². The first-order chi connectivity index (χ1) is 16.0. The zero-order valence-corrected chi connectivity index (χ0v) is 19.1. The number of ether oxygens (including phenoxy) is 4. The van der Waals surface area contributed by atoms with Crippen LogP contribution < -0.4 is 22.9 Å². The molecule has 1 saturated carbocycles. The predicted molar refractivity (Wildman–Crippen MR) is 116 cm³/mol. The van der Waals surface area contributed by atoms with Crippen LogP contribution in [0.2, 0.25) is 0 Å². The minimum Gasteiger partial charge on any atom is -0.396 e. The van der Waals surface area contributed by atoms with Gasteiger partial charge in [-0.25, -0.2) is 0 Å². The van der Waals surface area contributed by atoms with Crippen molar-refractivity contribution in [3.63, 3.8) is 0 Å². The van der Waals surface area contributed by atoms with Crippen molar-refractivity contribution in [2.45, 2.75) is 105 Å². The molecule has 0 spiro atoms. The number of aliphatic hydroxyl groups is 6. The summed E-state index contributed by atoms with van der Waals surface area (Å²) in [7, 11) is 0. The first-order valence-electron chi connectivity index (χ1n) is 11.6. The van der Waals surface area contributed by atoms with Crippen molar-refractivity contribution < 1.29 is 49.6 Å². The summed E-state index contributed by atoms with van der Waals surface area (Å²) < 4.78 is 23.2. The molecule has 0 amide bonds.